The van der Waals surface area contributed by atoms with Crippen LogP contribution in [-0.2, 0) is 11.3 Å². The van der Waals surface area contributed by atoms with Gasteiger partial charge in [-0.25, -0.2) is 0 Å². The molecule has 0 unspecified atom stereocenters. The number of ether oxygens (including phenoxy) is 1. The molecule has 0 N–H and O–H groups in total. The lowest BCUT2D eigenvalue weighted by molar-refractivity contribution is -0.132. The molecule has 1 saturated heterocycles. The quantitative estimate of drug-likeness (QED) is 0.794. The summed E-state index contributed by atoms with van der Waals surface area (Å²) >= 11 is 0. The molecule has 6 nitrogen and oxygen atoms in total. The van der Waals surface area contributed by atoms with Crippen molar-refractivity contribution in [1.29, 1.82) is 0 Å². The van der Waals surface area contributed by atoms with Gasteiger partial charge in [-0.3, -0.25) is 9.69 Å². The van der Waals surface area contributed by atoms with Crippen LogP contribution in [0.3, 0.4) is 0 Å². The summed E-state index contributed by atoms with van der Waals surface area (Å²) < 4.78 is 10.9. The van der Waals surface area contributed by atoms with Gasteiger partial charge in [0.2, 0.25) is 5.91 Å². The summed E-state index contributed by atoms with van der Waals surface area (Å²) in [6.45, 7) is 6.42. The van der Waals surface area contributed by atoms with Gasteiger partial charge in [0, 0.05) is 45.0 Å². The first-order chi connectivity index (χ1) is 12.5. The number of nitrogens with zero attached hydrogens (tertiary/aromatic N) is 3. The Hall–Kier alpha value is -2.47. The number of rotatable bonds is 6. The van der Waals surface area contributed by atoms with Gasteiger partial charge in [0.15, 0.2) is 0 Å². The van der Waals surface area contributed by atoms with Crippen molar-refractivity contribution < 1.29 is 13.9 Å². The molecule has 1 aromatic heterocycles. The molecule has 0 saturated carbocycles. The van der Waals surface area contributed by atoms with E-state index in [1.807, 2.05) is 38.2 Å². The minimum atomic E-state index is 0.119. The molecule has 1 aliphatic rings. The van der Waals surface area contributed by atoms with E-state index in [9.17, 15) is 4.79 Å². The van der Waals surface area contributed by atoms with Crippen LogP contribution < -0.4 is 9.64 Å². The molecular formula is C20H27N3O3. The van der Waals surface area contributed by atoms with E-state index in [1.54, 1.807) is 12.0 Å². The van der Waals surface area contributed by atoms with E-state index in [1.165, 1.54) is 5.69 Å². The number of anilines is 1. The molecule has 3 rings (SSSR count). The Bertz CT molecular complexity index is 735. The molecule has 6 heteroatoms. The van der Waals surface area contributed by atoms with Crippen molar-refractivity contribution in [1.82, 2.24) is 9.80 Å². The minimum absolute atomic E-state index is 0.119. The van der Waals surface area contributed by atoms with E-state index in [0.29, 0.717) is 13.1 Å². The number of piperazine rings is 1. The van der Waals surface area contributed by atoms with Crippen molar-refractivity contribution in [3.63, 3.8) is 0 Å². The number of methoxy groups -OCH3 is 1. The molecule has 0 atom stereocenters. The Morgan fingerprint density at radius 2 is 1.96 bits per heavy atom. The number of amides is 1. The lowest BCUT2D eigenvalue weighted by Crippen LogP contribution is -2.49. The zero-order valence-corrected chi connectivity index (χ0v) is 15.8. The van der Waals surface area contributed by atoms with Gasteiger partial charge >= 0.3 is 0 Å². The van der Waals surface area contributed by atoms with Crippen molar-refractivity contribution in [2.75, 3.05) is 51.8 Å². The monoisotopic (exact) mass is 357 g/mol. The number of furan rings is 1. The molecule has 2 heterocycles. The number of carbonyl (C=O) groups excluding carboxylic acids is 1. The van der Waals surface area contributed by atoms with Gasteiger partial charge in [-0.15, -0.1) is 0 Å². The molecule has 140 valence electrons. The third-order valence-corrected chi connectivity index (χ3v) is 4.76. The smallest absolute Gasteiger partial charge is 0.236 e. The van der Waals surface area contributed by atoms with Gasteiger partial charge in [-0.1, -0.05) is 6.07 Å². The number of hydrogen-bond donors (Lipinski definition) is 0. The van der Waals surface area contributed by atoms with E-state index in [0.717, 1.165) is 43.4 Å². The van der Waals surface area contributed by atoms with Crippen LogP contribution in [0.25, 0.3) is 0 Å². The van der Waals surface area contributed by atoms with Crippen molar-refractivity contribution in [2.24, 2.45) is 0 Å². The van der Waals surface area contributed by atoms with E-state index in [4.69, 9.17) is 9.15 Å². The maximum Gasteiger partial charge on any atom is 0.236 e. The highest BCUT2D eigenvalue weighted by molar-refractivity contribution is 5.78. The average molecular weight is 357 g/mol. The fourth-order valence-electron chi connectivity index (χ4n) is 3.18. The van der Waals surface area contributed by atoms with Gasteiger partial charge < -0.3 is 19.0 Å². The summed E-state index contributed by atoms with van der Waals surface area (Å²) in [6.07, 6.45) is 0. The average Bonchev–Trinajstić information content (AvgIpc) is 3.07. The highest BCUT2D eigenvalue weighted by atomic mass is 16.5. The van der Waals surface area contributed by atoms with Gasteiger partial charge in [-0.05, 0) is 31.2 Å². The molecule has 1 aliphatic heterocycles. The third kappa shape index (κ3) is 4.58. The van der Waals surface area contributed by atoms with Gasteiger partial charge in [-0.2, -0.15) is 0 Å². The topological polar surface area (TPSA) is 49.2 Å². The Kier molecular flexibility index (Phi) is 5.83. The Morgan fingerprint density at radius 1 is 1.19 bits per heavy atom. The van der Waals surface area contributed by atoms with Crippen molar-refractivity contribution in [2.45, 2.75) is 13.5 Å². The molecule has 0 radical (unpaired) electrons. The summed E-state index contributed by atoms with van der Waals surface area (Å²) in [4.78, 5) is 18.7. The van der Waals surface area contributed by atoms with Crippen LogP contribution in [0, 0.1) is 6.92 Å². The van der Waals surface area contributed by atoms with Crippen LogP contribution in [0.1, 0.15) is 11.5 Å². The largest absolute Gasteiger partial charge is 0.497 e. The first-order valence-electron chi connectivity index (χ1n) is 8.96. The molecule has 0 bridgehead atoms. The second-order valence-electron chi connectivity index (χ2n) is 6.73. The van der Waals surface area contributed by atoms with Gasteiger partial charge in [0.05, 0.1) is 20.2 Å². The predicted octanol–water partition coefficient (Wildman–Crippen LogP) is 2.38. The van der Waals surface area contributed by atoms with Crippen molar-refractivity contribution in [3.8, 4) is 5.75 Å². The zero-order chi connectivity index (χ0) is 18.5. The number of carbonyl (C=O) groups is 1. The van der Waals surface area contributed by atoms with E-state index in [-0.39, 0.29) is 5.91 Å². The van der Waals surface area contributed by atoms with E-state index >= 15 is 0 Å². The molecular weight excluding hydrogens is 330 g/mol. The lowest BCUT2D eigenvalue weighted by Gasteiger charge is -2.36. The second kappa shape index (κ2) is 8.27. The molecule has 0 aliphatic carbocycles. The summed E-state index contributed by atoms with van der Waals surface area (Å²) in [5.74, 6) is 2.68. The summed E-state index contributed by atoms with van der Waals surface area (Å²) in [5.41, 5.74) is 1.17. The van der Waals surface area contributed by atoms with Crippen LogP contribution in [0.2, 0.25) is 0 Å². The normalized spacial score (nSPS) is 15.1. The van der Waals surface area contributed by atoms with Gasteiger partial charge in [0.1, 0.15) is 17.3 Å². The van der Waals surface area contributed by atoms with Gasteiger partial charge in [0.25, 0.3) is 0 Å². The fourth-order valence-corrected chi connectivity index (χ4v) is 3.18. The third-order valence-electron chi connectivity index (χ3n) is 4.76. The van der Waals surface area contributed by atoms with Crippen LogP contribution >= 0.6 is 0 Å². The number of aryl methyl sites for hydroxylation is 1. The lowest BCUT2D eigenvalue weighted by atomic mass is 10.2. The second-order valence-corrected chi connectivity index (χ2v) is 6.73. The first kappa shape index (κ1) is 18.3. The highest BCUT2D eigenvalue weighted by Gasteiger charge is 2.21. The van der Waals surface area contributed by atoms with Crippen LogP contribution in [0.4, 0.5) is 5.69 Å². The van der Waals surface area contributed by atoms with Crippen molar-refractivity contribution in [3.05, 3.63) is 47.9 Å². The van der Waals surface area contributed by atoms with Crippen molar-refractivity contribution >= 4 is 11.6 Å². The molecule has 0 spiro atoms. The van der Waals surface area contributed by atoms with Crippen LogP contribution in [0.15, 0.2) is 40.8 Å². The Morgan fingerprint density at radius 3 is 2.62 bits per heavy atom. The molecule has 26 heavy (non-hydrogen) atoms. The molecule has 1 amide bonds. The maximum absolute atomic E-state index is 12.5. The summed E-state index contributed by atoms with van der Waals surface area (Å²) in [6, 6.07) is 12.0. The maximum atomic E-state index is 12.5. The van der Waals surface area contributed by atoms with E-state index < -0.39 is 0 Å². The minimum Gasteiger partial charge on any atom is -0.497 e. The first-order valence-corrected chi connectivity index (χ1v) is 8.96. The standard InChI is InChI=1S/C20H27N3O3/c1-16-7-8-19(26-16)14-21(2)20(24)15-22-9-11-23(12-10-22)17-5-4-6-18(13-17)25-3/h4-8,13H,9-12,14-15H2,1-3H3. The Labute approximate surface area is 154 Å². The Balaban J connectivity index is 1.47. The van der Waals surface area contributed by atoms with Crippen LogP contribution in [-0.4, -0.2) is 62.6 Å². The number of benzene rings is 1. The molecule has 2 aromatic rings. The van der Waals surface area contributed by atoms with E-state index in [2.05, 4.69) is 21.9 Å². The fraction of sp³-hybridized carbons (Fsp3) is 0.450. The molecule has 1 fully saturated rings. The summed E-state index contributed by atoms with van der Waals surface area (Å²) in [7, 11) is 3.51. The number of hydrogen-bond acceptors (Lipinski definition) is 5. The highest BCUT2D eigenvalue weighted by Crippen LogP contribution is 2.22. The zero-order valence-electron chi connectivity index (χ0n) is 15.8. The SMILES string of the molecule is COc1cccc(N2CCN(CC(=O)N(C)Cc3ccc(C)o3)CC2)c1. The van der Waals surface area contributed by atoms with Crippen LogP contribution in [0.5, 0.6) is 5.75 Å². The molecule has 1 aromatic carbocycles. The predicted molar refractivity (Wildman–Crippen MR) is 102 cm³/mol. The summed E-state index contributed by atoms with van der Waals surface area (Å²) in [5, 5.41) is 0. The number of likely N-dealkylation sites (N-methyl/N-ethyl adjacent to an activating group) is 1.